The van der Waals surface area contributed by atoms with E-state index in [1.165, 1.54) is 16.7 Å². The number of hydrogen-bond acceptors (Lipinski definition) is 3. The van der Waals surface area contributed by atoms with E-state index in [9.17, 15) is 14.0 Å². The van der Waals surface area contributed by atoms with Gasteiger partial charge in [0, 0.05) is 18.1 Å². The molecule has 24 heavy (non-hydrogen) atoms. The van der Waals surface area contributed by atoms with E-state index in [-0.39, 0.29) is 17.9 Å². The van der Waals surface area contributed by atoms with Gasteiger partial charge in [0.15, 0.2) is 0 Å². The zero-order valence-electron chi connectivity index (χ0n) is 13.1. The van der Waals surface area contributed by atoms with Gasteiger partial charge in [-0.2, -0.15) is 0 Å². The Morgan fingerprint density at radius 2 is 2.00 bits per heavy atom. The number of aromatic nitrogens is 2. The van der Waals surface area contributed by atoms with E-state index in [4.69, 9.17) is 0 Å². The molecule has 3 aromatic rings. The minimum atomic E-state index is -0.420. The van der Waals surface area contributed by atoms with Crippen molar-refractivity contribution in [1.82, 2.24) is 14.9 Å². The average Bonchev–Trinajstić information content (AvgIpc) is 2.59. The maximum absolute atomic E-state index is 13.1. The lowest BCUT2D eigenvalue weighted by atomic mass is 10.1. The summed E-state index contributed by atoms with van der Waals surface area (Å²) >= 11 is 0. The van der Waals surface area contributed by atoms with Crippen LogP contribution in [0, 0.1) is 5.82 Å². The van der Waals surface area contributed by atoms with Crippen molar-refractivity contribution in [3.8, 4) is 0 Å². The van der Waals surface area contributed by atoms with Crippen molar-refractivity contribution in [2.75, 3.05) is 6.54 Å². The first-order chi connectivity index (χ1) is 11.6. The molecule has 0 radical (unpaired) electrons. The molecule has 3 rings (SSSR count). The highest BCUT2D eigenvalue weighted by molar-refractivity contribution is 5.96. The fourth-order valence-corrected chi connectivity index (χ4v) is 2.54. The van der Waals surface area contributed by atoms with Crippen molar-refractivity contribution in [3.05, 3.63) is 76.0 Å². The molecule has 1 amide bonds. The number of carbonyl (C=O) groups excluding carboxylic acids is 1. The maximum Gasteiger partial charge on any atom is 0.265 e. The van der Waals surface area contributed by atoms with Gasteiger partial charge in [-0.25, -0.2) is 9.37 Å². The second kappa shape index (κ2) is 6.62. The topological polar surface area (TPSA) is 64.0 Å². The lowest BCUT2D eigenvalue weighted by Gasteiger charge is -2.12. The predicted molar refractivity (Wildman–Crippen MR) is 89.5 cm³/mol. The molecule has 2 heterocycles. The second-order valence-electron chi connectivity index (χ2n) is 5.35. The van der Waals surface area contributed by atoms with Gasteiger partial charge in [-0.3, -0.25) is 14.2 Å². The van der Waals surface area contributed by atoms with Gasteiger partial charge in [0.05, 0.1) is 6.54 Å². The van der Waals surface area contributed by atoms with E-state index in [1.54, 1.807) is 43.5 Å². The molecular formula is C18H16FN3O2. The van der Waals surface area contributed by atoms with Crippen molar-refractivity contribution >= 4 is 16.9 Å². The third-order valence-corrected chi connectivity index (χ3v) is 3.68. The average molecular weight is 325 g/mol. The first-order valence-electron chi connectivity index (χ1n) is 7.61. The largest absolute Gasteiger partial charge is 0.352 e. The summed E-state index contributed by atoms with van der Waals surface area (Å²) in [5.74, 6) is -0.758. The molecule has 1 N–H and O–H groups in total. The smallest absolute Gasteiger partial charge is 0.265 e. The number of nitrogens with zero attached hydrogens (tertiary/aromatic N) is 2. The highest BCUT2D eigenvalue weighted by Crippen LogP contribution is 2.13. The number of rotatable bonds is 4. The number of carbonyl (C=O) groups is 1. The Hall–Kier alpha value is -3.02. The lowest BCUT2D eigenvalue weighted by molar-refractivity contribution is 0.0954. The number of hydrogen-bond donors (Lipinski definition) is 1. The molecule has 0 spiro atoms. The van der Waals surface area contributed by atoms with Gasteiger partial charge in [-0.15, -0.1) is 0 Å². The Morgan fingerprint density at radius 1 is 1.25 bits per heavy atom. The van der Waals surface area contributed by atoms with E-state index in [0.717, 1.165) is 5.56 Å². The quantitative estimate of drug-likeness (QED) is 0.801. The summed E-state index contributed by atoms with van der Waals surface area (Å²) in [7, 11) is 0. The van der Waals surface area contributed by atoms with Gasteiger partial charge in [-0.1, -0.05) is 12.1 Å². The predicted octanol–water partition coefficient (Wildman–Crippen LogP) is 2.33. The zero-order valence-corrected chi connectivity index (χ0v) is 13.1. The number of benzene rings is 1. The second-order valence-corrected chi connectivity index (χ2v) is 5.35. The molecule has 122 valence electrons. The summed E-state index contributed by atoms with van der Waals surface area (Å²) in [5.41, 5.74) is 0.884. The Balaban J connectivity index is 2.17. The molecule has 0 atom stereocenters. The molecule has 0 aliphatic rings. The molecule has 0 saturated carbocycles. The molecule has 6 heteroatoms. The van der Waals surface area contributed by atoms with E-state index in [0.29, 0.717) is 17.6 Å². The Morgan fingerprint density at radius 3 is 2.71 bits per heavy atom. The van der Waals surface area contributed by atoms with Crippen LogP contribution in [0.25, 0.3) is 11.0 Å². The summed E-state index contributed by atoms with van der Waals surface area (Å²) in [5, 5.41) is 3.34. The standard InChI is InChI=1S/C18H16FN3O2/c1-2-20-17(23)15-10-13-4-3-9-21-16(13)22(18(15)24)11-12-5-7-14(19)8-6-12/h3-10H,2,11H2,1H3,(H,20,23). The minimum Gasteiger partial charge on any atom is -0.352 e. The van der Waals surface area contributed by atoms with Crippen LogP contribution in [0.2, 0.25) is 0 Å². The molecule has 2 aromatic heterocycles. The van der Waals surface area contributed by atoms with E-state index in [2.05, 4.69) is 10.3 Å². The summed E-state index contributed by atoms with van der Waals surface area (Å²) in [4.78, 5) is 29.2. The first-order valence-corrected chi connectivity index (χ1v) is 7.61. The van der Waals surface area contributed by atoms with Gasteiger partial charge in [-0.05, 0) is 42.8 Å². The van der Waals surface area contributed by atoms with Gasteiger partial charge < -0.3 is 5.32 Å². The van der Waals surface area contributed by atoms with Crippen molar-refractivity contribution in [1.29, 1.82) is 0 Å². The SMILES string of the molecule is CCNC(=O)c1cc2cccnc2n(Cc2ccc(F)cc2)c1=O. The van der Waals surface area contributed by atoms with Gasteiger partial charge in [0.25, 0.3) is 11.5 Å². The van der Waals surface area contributed by atoms with Crippen LogP contribution >= 0.6 is 0 Å². The van der Waals surface area contributed by atoms with Gasteiger partial charge in [0.1, 0.15) is 17.0 Å². The number of fused-ring (bicyclic) bond motifs is 1. The summed E-state index contributed by atoms with van der Waals surface area (Å²) in [6, 6.07) is 11.0. The van der Waals surface area contributed by atoms with Crippen molar-refractivity contribution in [3.63, 3.8) is 0 Å². The van der Waals surface area contributed by atoms with Crippen LogP contribution in [-0.4, -0.2) is 22.0 Å². The van der Waals surface area contributed by atoms with Crippen molar-refractivity contribution < 1.29 is 9.18 Å². The number of nitrogens with one attached hydrogen (secondary N) is 1. The Bertz CT molecular complexity index is 949. The third-order valence-electron chi connectivity index (χ3n) is 3.68. The van der Waals surface area contributed by atoms with E-state index >= 15 is 0 Å². The monoisotopic (exact) mass is 325 g/mol. The molecular weight excluding hydrogens is 309 g/mol. The molecule has 0 unspecified atom stereocenters. The summed E-state index contributed by atoms with van der Waals surface area (Å²) < 4.78 is 14.5. The first kappa shape index (κ1) is 15.9. The van der Waals surface area contributed by atoms with E-state index < -0.39 is 11.5 Å². The number of amides is 1. The minimum absolute atomic E-state index is 0.0689. The molecule has 1 aromatic carbocycles. The maximum atomic E-state index is 13.1. The Labute approximate surface area is 137 Å². The molecule has 5 nitrogen and oxygen atoms in total. The van der Waals surface area contributed by atoms with Crippen LogP contribution in [0.3, 0.4) is 0 Å². The molecule has 0 aliphatic carbocycles. The fraction of sp³-hybridized carbons (Fsp3) is 0.167. The fourth-order valence-electron chi connectivity index (χ4n) is 2.54. The van der Waals surface area contributed by atoms with Crippen LogP contribution in [0.4, 0.5) is 4.39 Å². The number of pyridine rings is 2. The van der Waals surface area contributed by atoms with Crippen LogP contribution < -0.4 is 10.9 Å². The molecule has 0 aliphatic heterocycles. The lowest BCUT2D eigenvalue weighted by Crippen LogP contribution is -2.33. The Kier molecular flexibility index (Phi) is 4.37. The summed E-state index contributed by atoms with van der Waals surface area (Å²) in [6.07, 6.45) is 1.59. The van der Waals surface area contributed by atoms with Crippen molar-refractivity contribution in [2.45, 2.75) is 13.5 Å². The molecule has 0 bridgehead atoms. The van der Waals surface area contributed by atoms with Gasteiger partial charge >= 0.3 is 0 Å². The summed E-state index contributed by atoms with van der Waals surface area (Å²) in [6.45, 7) is 2.43. The normalized spacial score (nSPS) is 10.8. The van der Waals surface area contributed by atoms with Crippen LogP contribution in [-0.2, 0) is 6.54 Å². The van der Waals surface area contributed by atoms with Gasteiger partial charge in [0.2, 0.25) is 0 Å². The molecule has 0 saturated heterocycles. The van der Waals surface area contributed by atoms with Crippen LogP contribution in [0.5, 0.6) is 0 Å². The zero-order chi connectivity index (χ0) is 17.1. The van der Waals surface area contributed by atoms with Crippen LogP contribution in [0.15, 0.2) is 53.5 Å². The van der Waals surface area contributed by atoms with Crippen LogP contribution in [0.1, 0.15) is 22.8 Å². The third kappa shape index (κ3) is 3.03. The highest BCUT2D eigenvalue weighted by atomic mass is 19.1. The number of halogens is 1. The van der Waals surface area contributed by atoms with Crippen molar-refractivity contribution in [2.24, 2.45) is 0 Å². The van der Waals surface area contributed by atoms with E-state index in [1.807, 2.05) is 0 Å². The highest BCUT2D eigenvalue weighted by Gasteiger charge is 2.16. The molecule has 0 fully saturated rings.